The van der Waals surface area contributed by atoms with Gasteiger partial charge < -0.3 is 9.47 Å². The molecule has 35 heavy (non-hydrogen) atoms. The lowest BCUT2D eigenvalue weighted by molar-refractivity contribution is -0.186. The maximum Gasteiger partial charge on any atom is 0.402 e. The molecule has 1 aliphatic heterocycles. The molecule has 14 heteroatoms. The Morgan fingerprint density at radius 3 is 2.14 bits per heavy atom. The third-order valence-electron chi connectivity index (χ3n) is 9.27. The number of carbonyl (C=O) groups excluding carboxylic acids is 2. The molecule has 0 aromatic rings. The van der Waals surface area contributed by atoms with Crippen molar-refractivity contribution in [2.24, 2.45) is 40.9 Å². The zero-order valence-electron chi connectivity index (χ0n) is 18.5. The van der Waals surface area contributed by atoms with E-state index in [0.29, 0.717) is 17.8 Å². The minimum absolute atomic E-state index is 0.168. The van der Waals surface area contributed by atoms with Crippen LogP contribution in [0.2, 0.25) is 0 Å². The molecule has 0 aromatic carbocycles. The van der Waals surface area contributed by atoms with Crippen molar-refractivity contribution in [1.82, 2.24) is 0 Å². The predicted molar refractivity (Wildman–Crippen MR) is 111 cm³/mol. The van der Waals surface area contributed by atoms with E-state index in [4.69, 9.17) is 13.5 Å². The second-order valence-electron chi connectivity index (χ2n) is 11.4. The molecule has 0 amide bonds. The molecule has 6 atom stereocenters. The fraction of sp³-hybridized carbons (Fsp3) is 0.905. The van der Waals surface area contributed by atoms with Gasteiger partial charge in [-0.2, -0.15) is 25.6 Å². The van der Waals surface area contributed by atoms with Crippen LogP contribution in [0.5, 0.6) is 0 Å². The molecule has 7 fully saturated rings. The highest BCUT2D eigenvalue weighted by Gasteiger charge is 2.72. The highest BCUT2D eigenvalue weighted by Crippen LogP contribution is 2.62. The van der Waals surface area contributed by atoms with Gasteiger partial charge in [0.15, 0.2) is 6.61 Å². The van der Waals surface area contributed by atoms with Gasteiger partial charge >= 0.3 is 27.3 Å². The third kappa shape index (κ3) is 3.49. The van der Waals surface area contributed by atoms with Crippen molar-refractivity contribution in [3.63, 3.8) is 0 Å². The van der Waals surface area contributed by atoms with Gasteiger partial charge in [0.25, 0.3) is 10.1 Å². The number of esters is 2. The van der Waals surface area contributed by atoms with Crippen molar-refractivity contribution in [3.8, 4) is 0 Å². The fourth-order valence-electron chi connectivity index (χ4n) is 8.39. The number of halogens is 2. The Morgan fingerprint density at radius 1 is 1.03 bits per heavy atom. The molecule has 0 spiro atoms. The minimum atomic E-state index is -5.84. The van der Waals surface area contributed by atoms with E-state index >= 15 is 0 Å². The van der Waals surface area contributed by atoms with Gasteiger partial charge in [-0.1, -0.05) is 0 Å². The molecule has 196 valence electrons. The first-order valence-corrected chi connectivity index (χ1v) is 14.8. The smallest absolute Gasteiger partial charge is 0.402 e. The third-order valence-corrected chi connectivity index (χ3v) is 11.9. The summed E-state index contributed by atoms with van der Waals surface area (Å²) < 4.78 is 98.4. The molecule has 1 N–H and O–H groups in total. The molecule has 6 bridgehead atoms. The van der Waals surface area contributed by atoms with E-state index in [0.717, 1.165) is 38.5 Å². The molecule has 7 aliphatic rings. The minimum Gasteiger partial charge on any atom is -0.459 e. The van der Waals surface area contributed by atoms with Gasteiger partial charge in [-0.25, -0.2) is 0 Å². The van der Waals surface area contributed by atoms with Crippen LogP contribution in [0.15, 0.2) is 0 Å². The number of rotatable bonds is 6. The molecule has 5 unspecified atom stereocenters. The van der Waals surface area contributed by atoms with E-state index in [-0.39, 0.29) is 6.42 Å². The van der Waals surface area contributed by atoms with Crippen molar-refractivity contribution in [2.75, 3.05) is 6.61 Å². The molecule has 1 saturated heterocycles. The van der Waals surface area contributed by atoms with Gasteiger partial charge in [-0.3, -0.25) is 18.3 Å². The van der Waals surface area contributed by atoms with Crippen molar-refractivity contribution in [3.05, 3.63) is 0 Å². The van der Waals surface area contributed by atoms with Crippen molar-refractivity contribution >= 4 is 32.2 Å². The largest absolute Gasteiger partial charge is 0.459 e. The van der Waals surface area contributed by atoms with E-state index in [1.165, 1.54) is 0 Å². The highest BCUT2D eigenvalue weighted by atomic mass is 32.2. The normalized spacial score (nSPS) is 46.7. The van der Waals surface area contributed by atoms with Gasteiger partial charge in [0.1, 0.15) is 17.5 Å². The number of alkyl halides is 2. The summed E-state index contributed by atoms with van der Waals surface area (Å²) in [6.45, 7) is -1.96. The number of hydrogen-bond acceptors (Lipinski definition) is 9. The van der Waals surface area contributed by atoms with Crippen LogP contribution in [-0.4, -0.2) is 62.6 Å². The molecule has 7 rings (SSSR count). The van der Waals surface area contributed by atoms with Gasteiger partial charge in [-0.15, -0.1) is 0 Å². The lowest BCUT2D eigenvalue weighted by Crippen LogP contribution is -2.53. The van der Waals surface area contributed by atoms with Crippen molar-refractivity contribution in [1.29, 1.82) is 0 Å². The van der Waals surface area contributed by atoms with E-state index in [2.05, 4.69) is 4.74 Å². The maximum absolute atomic E-state index is 13.6. The Bertz CT molecular complexity index is 1150. The first kappa shape index (κ1) is 24.0. The summed E-state index contributed by atoms with van der Waals surface area (Å²) in [6, 6.07) is 0. The van der Waals surface area contributed by atoms with Gasteiger partial charge in [0, 0.05) is 11.8 Å². The molecule has 0 aromatic heterocycles. The van der Waals surface area contributed by atoms with E-state index in [9.17, 15) is 35.2 Å². The van der Waals surface area contributed by atoms with Crippen molar-refractivity contribution in [2.45, 2.75) is 67.7 Å². The average molecular weight is 541 g/mol. The van der Waals surface area contributed by atoms with E-state index in [1.54, 1.807) is 0 Å². The number of fused-ring (bicyclic) bond motifs is 1. The Hall–Kier alpha value is -1.38. The number of hydrogen-bond donors (Lipinski definition) is 1. The van der Waals surface area contributed by atoms with E-state index < -0.39 is 84.7 Å². The Balaban J connectivity index is 1.22. The topological polar surface area (TPSA) is 150 Å². The molecule has 1 heterocycles. The van der Waals surface area contributed by atoms with Crippen LogP contribution in [-0.2, 0) is 43.5 Å². The molecule has 10 nitrogen and oxygen atoms in total. The van der Waals surface area contributed by atoms with Crippen LogP contribution in [0.3, 0.4) is 0 Å². The predicted octanol–water partition coefficient (Wildman–Crippen LogP) is 1.50. The first-order valence-electron chi connectivity index (χ1n) is 11.9. The van der Waals surface area contributed by atoms with E-state index in [1.807, 2.05) is 0 Å². The van der Waals surface area contributed by atoms with Crippen LogP contribution < -0.4 is 0 Å². The molecule has 6 aliphatic carbocycles. The average Bonchev–Trinajstić information content (AvgIpc) is 3.33. The second-order valence-corrected chi connectivity index (χ2v) is 14.7. The van der Waals surface area contributed by atoms with Crippen LogP contribution in [0, 0.1) is 40.9 Å². The van der Waals surface area contributed by atoms with Crippen molar-refractivity contribution < 1.29 is 53.4 Å². The summed E-state index contributed by atoms with van der Waals surface area (Å²) in [7, 11) is -10.1. The number of carbonyl (C=O) groups is 2. The quantitative estimate of drug-likeness (QED) is 0.298. The zero-order chi connectivity index (χ0) is 25.1. The van der Waals surface area contributed by atoms with Gasteiger partial charge in [-0.05, 0) is 62.7 Å². The zero-order valence-corrected chi connectivity index (χ0v) is 20.2. The lowest BCUT2D eigenvalue weighted by Gasteiger charge is -2.55. The molecular formula is C21H26F2O10S2. The lowest BCUT2D eigenvalue weighted by atomic mass is 9.49. The Morgan fingerprint density at radius 2 is 1.60 bits per heavy atom. The summed E-state index contributed by atoms with van der Waals surface area (Å²) >= 11 is 0. The van der Waals surface area contributed by atoms with Gasteiger partial charge in [0.05, 0.1) is 11.3 Å². The van der Waals surface area contributed by atoms with Gasteiger partial charge in [0.2, 0.25) is 0 Å². The number of ether oxygens (including phenoxy) is 2. The summed E-state index contributed by atoms with van der Waals surface area (Å²) in [5.41, 5.74) is -0.624. The standard InChI is InChI=1S/C21H26F2O10S2/c22-21(23,35(28,29)30)8-31-18(24)14-12-4-13-16(33-34(26,27)17(13)14)15(12)32-19(25)20-5-9-1-10(6-20)3-11(2-9)7-20/h9-17H,1-8H2,(H,28,29,30)/t9?,10?,11?,12-,13?,14?,15?,16?,17?,20?/m1/s1. The second kappa shape index (κ2) is 7.35. The SMILES string of the molecule is O=C(OCC(F)(F)S(=O)(=O)O)C1C2C3C[C@H]1C(OC(=O)C14CC5CC(CC(C5)C1)C4)C3OS2(=O)=O. The Labute approximate surface area is 200 Å². The molecular weight excluding hydrogens is 514 g/mol. The van der Waals surface area contributed by atoms with Crippen LogP contribution in [0.1, 0.15) is 44.9 Å². The summed E-state index contributed by atoms with van der Waals surface area (Å²) in [6.07, 6.45) is 3.66. The molecule has 6 saturated carbocycles. The summed E-state index contributed by atoms with van der Waals surface area (Å²) in [5.74, 6) is -3.31. The fourth-order valence-corrected chi connectivity index (χ4v) is 10.7. The Kier molecular flexibility index (Phi) is 5.04. The first-order chi connectivity index (χ1) is 16.2. The summed E-state index contributed by atoms with van der Waals surface area (Å²) in [4.78, 5) is 26.2. The van der Waals surface area contributed by atoms with Crippen LogP contribution >= 0.6 is 0 Å². The maximum atomic E-state index is 13.6. The monoisotopic (exact) mass is 540 g/mol. The molecule has 0 radical (unpaired) electrons. The summed E-state index contributed by atoms with van der Waals surface area (Å²) in [5, 5.41) is -6.10. The van der Waals surface area contributed by atoms with Crippen LogP contribution in [0.4, 0.5) is 8.78 Å². The highest BCUT2D eigenvalue weighted by molar-refractivity contribution is 7.87. The van der Waals surface area contributed by atoms with Crippen LogP contribution in [0.25, 0.3) is 0 Å².